The van der Waals surface area contributed by atoms with Crippen molar-refractivity contribution in [3.63, 3.8) is 0 Å². The van der Waals surface area contributed by atoms with E-state index in [1.165, 1.54) is 12.1 Å². The van der Waals surface area contributed by atoms with E-state index in [-0.39, 0.29) is 5.82 Å². The molecule has 2 nitrogen and oxygen atoms in total. The van der Waals surface area contributed by atoms with Gasteiger partial charge in [-0.2, -0.15) is 0 Å². The number of aliphatic hydroxyl groups is 1. The first-order valence-corrected chi connectivity index (χ1v) is 6.87. The number of ether oxygens (including phenoxy) is 1. The third kappa shape index (κ3) is 2.98. The molecule has 1 aromatic carbocycles. The van der Waals surface area contributed by atoms with Gasteiger partial charge in [0, 0.05) is 7.11 Å². The van der Waals surface area contributed by atoms with Crippen LogP contribution in [-0.4, -0.2) is 17.8 Å². The average Bonchev–Trinajstić information content (AvgIpc) is 2.40. The molecule has 0 heterocycles. The molecule has 1 fully saturated rings. The summed E-state index contributed by atoms with van der Waals surface area (Å²) in [4.78, 5) is 0. The summed E-state index contributed by atoms with van der Waals surface area (Å²) < 4.78 is 18.6. The molecule has 1 saturated carbocycles. The third-order valence-corrected chi connectivity index (χ3v) is 4.54. The zero-order chi connectivity index (χ0) is 14.1. The second-order valence-corrected chi connectivity index (χ2v) is 6.39. The number of halogens is 1. The van der Waals surface area contributed by atoms with Crippen LogP contribution >= 0.6 is 0 Å². The maximum Gasteiger partial charge on any atom is 0.123 e. The molecule has 0 saturated heterocycles. The highest BCUT2D eigenvalue weighted by atomic mass is 19.1. The van der Waals surface area contributed by atoms with Crippen molar-refractivity contribution in [1.29, 1.82) is 0 Å². The molecule has 2 rings (SSSR count). The Balaban J connectivity index is 2.19. The molecular formula is C16H23FO2. The highest BCUT2D eigenvalue weighted by Gasteiger charge is 2.44. The summed E-state index contributed by atoms with van der Waals surface area (Å²) in [7, 11) is 1.66. The Labute approximate surface area is 114 Å². The van der Waals surface area contributed by atoms with Crippen LogP contribution in [0.1, 0.15) is 51.2 Å². The zero-order valence-electron chi connectivity index (χ0n) is 11.9. The van der Waals surface area contributed by atoms with Crippen molar-refractivity contribution in [2.24, 2.45) is 5.41 Å². The topological polar surface area (TPSA) is 29.5 Å². The quantitative estimate of drug-likeness (QED) is 0.900. The summed E-state index contributed by atoms with van der Waals surface area (Å²) >= 11 is 0. The molecule has 0 spiro atoms. The number of rotatable bonds is 3. The van der Waals surface area contributed by atoms with Gasteiger partial charge in [0.05, 0.1) is 5.60 Å². The molecule has 19 heavy (non-hydrogen) atoms. The van der Waals surface area contributed by atoms with Crippen molar-refractivity contribution in [1.82, 2.24) is 0 Å². The molecule has 0 aliphatic heterocycles. The Hall–Kier alpha value is -0.930. The largest absolute Gasteiger partial charge is 0.385 e. The molecule has 0 radical (unpaired) electrons. The van der Waals surface area contributed by atoms with Gasteiger partial charge >= 0.3 is 0 Å². The van der Waals surface area contributed by atoms with Crippen LogP contribution in [0.2, 0.25) is 0 Å². The lowest BCUT2D eigenvalue weighted by Gasteiger charge is -2.45. The minimum atomic E-state index is -0.700. The minimum absolute atomic E-state index is 0.285. The van der Waals surface area contributed by atoms with Crippen molar-refractivity contribution >= 4 is 0 Å². The summed E-state index contributed by atoms with van der Waals surface area (Å²) in [5, 5.41) is 10.6. The van der Waals surface area contributed by atoms with Crippen molar-refractivity contribution in [3.05, 3.63) is 35.6 Å². The van der Waals surface area contributed by atoms with Crippen molar-refractivity contribution in [2.45, 2.75) is 51.2 Å². The molecule has 0 aromatic heterocycles. The van der Waals surface area contributed by atoms with Crippen LogP contribution in [0.25, 0.3) is 0 Å². The van der Waals surface area contributed by atoms with E-state index in [1.807, 2.05) is 0 Å². The maximum atomic E-state index is 13.0. The predicted octanol–water partition coefficient (Wildman–Crippen LogP) is 3.84. The zero-order valence-corrected chi connectivity index (χ0v) is 11.9. The van der Waals surface area contributed by atoms with Crippen molar-refractivity contribution in [3.8, 4) is 0 Å². The normalized spacial score (nSPS) is 23.0. The van der Waals surface area contributed by atoms with E-state index in [1.54, 1.807) is 19.2 Å². The molecule has 1 N–H and O–H groups in total. The Kier molecular flexibility index (Phi) is 3.98. The van der Waals surface area contributed by atoms with E-state index in [4.69, 9.17) is 4.74 Å². The Bertz CT molecular complexity index is 415. The molecule has 1 aliphatic carbocycles. The SMILES string of the molecule is COC1(C(O)c2ccc(F)cc2)CCC(C)(C)CC1. The lowest BCUT2D eigenvalue weighted by molar-refractivity contribution is -0.138. The Morgan fingerprint density at radius 1 is 1.11 bits per heavy atom. The fraction of sp³-hybridized carbons (Fsp3) is 0.625. The summed E-state index contributed by atoms with van der Waals surface area (Å²) in [5.74, 6) is -0.285. The molecule has 1 aliphatic rings. The van der Waals surface area contributed by atoms with Crippen molar-refractivity contribution < 1.29 is 14.2 Å². The minimum Gasteiger partial charge on any atom is -0.385 e. The highest BCUT2D eigenvalue weighted by Crippen LogP contribution is 2.47. The predicted molar refractivity (Wildman–Crippen MR) is 73.3 cm³/mol. The van der Waals surface area contributed by atoms with Gasteiger partial charge in [0.25, 0.3) is 0 Å². The van der Waals surface area contributed by atoms with Crippen LogP contribution in [0.15, 0.2) is 24.3 Å². The first-order chi connectivity index (χ1) is 8.88. The summed E-state index contributed by atoms with van der Waals surface area (Å²) in [6.45, 7) is 4.49. The average molecular weight is 266 g/mol. The standard InChI is InChI=1S/C16H23FO2/c1-15(2)8-10-16(19-3,11-9-15)14(18)12-4-6-13(17)7-5-12/h4-7,14,18H,8-11H2,1-3H3. The molecule has 1 atom stereocenters. The number of benzene rings is 1. The van der Waals surface area contributed by atoms with Crippen LogP contribution in [0, 0.1) is 11.2 Å². The number of aliphatic hydroxyl groups excluding tert-OH is 1. The fourth-order valence-corrected chi connectivity index (χ4v) is 2.89. The van der Waals surface area contributed by atoms with Gasteiger partial charge < -0.3 is 9.84 Å². The number of hydrogen-bond acceptors (Lipinski definition) is 2. The van der Waals surface area contributed by atoms with Crippen LogP contribution in [-0.2, 0) is 4.74 Å². The van der Waals surface area contributed by atoms with Crippen LogP contribution in [0.3, 0.4) is 0 Å². The second-order valence-electron chi connectivity index (χ2n) is 6.39. The molecule has 3 heteroatoms. The monoisotopic (exact) mass is 266 g/mol. The smallest absolute Gasteiger partial charge is 0.123 e. The van der Waals surface area contributed by atoms with Crippen LogP contribution in [0.4, 0.5) is 4.39 Å². The summed E-state index contributed by atoms with van der Waals surface area (Å²) in [5.41, 5.74) is 0.501. The van der Waals surface area contributed by atoms with Crippen LogP contribution < -0.4 is 0 Å². The van der Waals surface area contributed by atoms with Gasteiger partial charge in [0.2, 0.25) is 0 Å². The van der Waals surface area contributed by atoms with Gasteiger partial charge in [-0.15, -0.1) is 0 Å². The Morgan fingerprint density at radius 3 is 2.11 bits per heavy atom. The first-order valence-electron chi connectivity index (χ1n) is 6.87. The molecule has 0 amide bonds. The van der Waals surface area contributed by atoms with E-state index >= 15 is 0 Å². The fourth-order valence-electron chi connectivity index (χ4n) is 2.89. The van der Waals surface area contributed by atoms with E-state index in [9.17, 15) is 9.50 Å². The van der Waals surface area contributed by atoms with Gasteiger partial charge in [-0.3, -0.25) is 0 Å². The maximum absolute atomic E-state index is 13.0. The Morgan fingerprint density at radius 2 is 1.63 bits per heavy atom. The number of methoxy groups -OCH3 is 1. The van der Waals surface area contributed by atoms with E-state index in [0.717, 1.165) is 31.2 Å². The van der Waals surface area contributed by atoms with Crippen LogP contribution in [0.5, 0.6) is 0 Å². The van der Waals surface area contributed by atoms with Gasteiger partial charge in [-0.05, 0) is 48.8 Å². The molecule has 106 valence electrons. The van der Waals surface area contributed by atoms with Crippen molar-refractivity contribution in [2.75, 3.05) is 7.11 Å². The van der Waals surface area contributed by atoms with Gasteiger partial charge in [0.15, 0.2) is 0 Å². The second kappa shape index (κ2) is 5.22. The van der Waals surface area contributed by atoms with E-state index < -0.39 is 11.7 Å². The molecular weight excluding hydrogens is 243 g/mol. The van der Waals surface area contributed by atoms with Gasteiger partial charge in [-0.25, -0.2) is 4.39 Å². The van der Waals surface area contributed by atoms with Gasteiger partial charge in [0.1, 0.15) is 11.9 Å². The lowest BCUT2D eigenvalue weighted by Crippen LogP contribution is -2.43. The first kappa shape index (κ1) is 14.5. The summed E-state index contributed by atoms with van der Waals surface area (Å²) in [6.07, 6.45) is 3.01. The lowest BCUT2D eigenvalue weighted by atomic mass is 9.68. The third-order valence-electron chi connectivity index (χ3n) is 4.54. The molecule has 1 unspecified atom stereocenters. The van der Waals surface area contributed by atoms with E-state index in [0.29, 0.717) is 5.41 Å². The van der Waals surface area contributed by atoms with E-state index in [2.05, 4.69) is 13.8 Å². The molecule has 1 aromatic rings. The molecule has 0 bridgehead atoms. The highest BCUT2D eigenvalue weighted by molar-refractivity contribution is 5.22. The number of hydrogen-bond donors (Lipinski definition) is 1. The van der Waals surface area contributed by atoms with Gasteiger partial charge in [-0.1, -0.05) is 26.0 Å². The summed E-state index contributed by atoms with van der Waals surface area (Å²) in [6, 6.07) is 6.05.